The molecule has 7 nitrogen and oxygen atoms in total. The van der Waals surface area contributed by atoms with E-state index in [1.165, 1.54) is 10.8 Å². The van der Waals surface area contributed by atoms with Gasteiger partial charge in [-0.1, -0.05) is 30.3 Å². The average molecular weight is 287 g/mol. The molecular weight excluding hydrogens is 274 g/mol. The van der Waals surface area contributed by atoms with Crippen molar-refractivity contribution in [3.05, 3.63) is 84.8 Å². The van der Waals surface area contributed by atoms with E-state index in [1.54, 1.807) is 6.92 Å². The molecule has 108 valence electrons. The molecule has 2 rings (SSSR count). The Hall–Kier alpha value is -2.96. The summed E-state index contributed by atoms with van der Waals surface area (Å²) in [6.07, 6.45) is 3.04. The molecule has 0 radical (unpaired) electrons. The van der Waals surface area contributed by atoms with Crippen molar-refractivity contribution in [2.24, 2.45) is 0 Å². The summed E-state index contributed by atoms with van der Waals surface area (Å²) in [6, 6.07) is 8.95. The van der Waals surface area contributed by atoms with Crippen LogP contribution in [0.3, 0.4) is 0 Å². The van der Waals surface area contributed by atoms with Crippen molar-refractivity contribution >= 4 is 6.08 Å². The number of nitrogens with zero attached hydrogens (tertiary/aromatic N) is 2. The molecule has 0 amide bonds. The first kappa shape index (κ1) is 14.4. The highest BCUT2D eigenvalue weighted by Gasteiger charge is 2.11. The predicted molar refractivity (Wildman–Crippen MR) is 77.6 cm³/mol. The van der Waals surface area contributed by atoms with Gasteiger partial charge in [-0.2, -0.15) is 0 Å². The summed E-state index contributed by atoms with van der Waals surface area (Å²) in [6.45, 7) is 1.80. The molecule has 0 aliphatic rings. The minimum atomic E-state index is -0.671. The number of rotatable bonds is 4. The molecule has 7 heteroatoms. The zero-order chi connectivity index (χ0) is 15.4. The second-order valence-corrected chi connectivity index (χ2v) is 4.44. The standard InChI is InChI=1S/C14H13N3O4/c1-10(11-5-3-2-4-6-11)16-9-12(7-8-17(20)21)13(18)15-14(16)19/h2-10H,1H3,(H,15,18,19). The van der Waals surface area contributed by atoms with Gasteiger partial charge in [0.05, 0.1) is 16.5 Å². The molecular formula is C14H13N3O4. The predicted octanol–water partition coefficient (Wildman–Crippen LogP) is 1.39. The Bertz CT molecular complexity index is 790. The van der Waals surface area contributed by atoms with Crippen LogP contribution in [0.15, 0.2) is 52.3 Å². The molecule has 1 N–H and O–H groups in total. The van der Waals surface area contributed by atoms with Crippen LogP contribution in [0.1, 0.15) is 24.1 Å². The molecule has 0 bridgehead atoms. The minimum absolute atomic E-state index is 0.0501. The first-order chi connectivity index (χ1) is 9.99. The van der Waals surface area contributed by atoms with Gasteiger partial charge in [-0.3, -0.25) is 24.5 Å². The second-order valence-electron chi connectivity index (χ2n) is 4.44. The number of nitro groups is 1. The second kappa shape index (κ2) is 6.00. The molecule has 21 heavy (non-hydrogen) atoms. The zero-order valence-electron chi connectivity index (χ0n) is 11.2. The molecule has 1 aromatic heterocycles. The number of benzene rings is 1. The lowest BCUT2D eigenvalue weighted by molar-refractivity contribution is -0.400. The topological polar surface area (TPSA) is 98.0 Å². The number of aromatic nitrogens is 2. The van der Waals surface area contributed by atoms with Gasteiger partial charge in [-0.15, -0.1) is 0 Å². The van der Waals surface area contributed by atoms with Crippen molar-refractivity contribution in [2.75, 3.05) is 0 Å². The van der Waals surface area contributed by atoms with Crippen LogP contribution < -0.4 is 11.2 Å². The summed E-state index contributed by atoms with van der Waals surface area (Å²) >= 11 is 0. The lowest BCUT2D eigenvalue weighted by atomic mass is 10.1. The van der Waals surface area contributed by atoms with Gasteiger partial charge in [0.15, 0.2) is 0 Å². The van der Waals surface area contributed by atoms with Gasteiger partial charge < -0.3 is 0 Å². The Morgan fingerprint density at radius 2 is 1.95 bits per heavy atom. The van der Waals surface area contributed by atoms with Gasteiger partial charge >= 0.3 is 5.69 Å². The zero-order valence-corrected chi connectivity index (χ0v) is 11.2. The lowest BCUT2D eigenvalue weighted by Crippen LogP contribution is -2.32. The van der Waals surface area contributed by atoms with Crippen LogP contribution in [0.4, 0.5) is 0 Å². The molecule has 0 saturated heterocycles. The van der Waals surface area contributed by atoms with Crippen LogP contribution in [0.2, 0.25) is 0 Å². The Kier molecular flexibility index (Phi) is 4.13. The summed E-state index contributed by atoms with van der Waals surface area (Å²) in [5.74, 6) is 0. The van der Waals surface area contributed by atoms with Crippen LogP contribution in [-0.4, -0.2) is 14.5 Å². The highest BCUT2D eigenvalue weighted by Crippen LogP contribution is 2.15. The SMILES string of the molecule is CC(c1ccccc1)n1cc(C=C[N+](=O)[O-])c(=O)[nH]c1=O. The van der Waals surface area contributed by atoms with E-state index < -0.39 is 16.2 Å². The fourth-order valence-corrected chi connectivity index (χ4v) is 1.94. The third kappa shape index (κ3) is 3.33. The number of nitrogens with one attached hydrogen (secondary N) is 1. The van der Waals surface area contributed by atoms with Crippen molar-refractivity contribution in [2.45, 2.75) is 13.0 Å². The van der Waals surface area contributed by atoms with Gasteiger partial charge in [0, 0.05) is 12.3 Å². The van der Waals surface area contributed by atoms with Crippen LogP contribution >= 0.6 is 0 Å². The summed E-state index contributed by atoms with van der Waals surface area (Å²) in [5.41, 5.74) is -0.283. The van der Waals surface area contributed by atoms with Crippen molar-refractivity contribution in [3.8, 4) is 0 Å². The Balaban J connectivity index is 2.49. The molecule has 1 atom stereocenters. The van der Waals surface area contributed by atoms with E-state index in [9.17, 15) is 19.7 Å². The fraction of sp³-hybridized carbons (Fsp3) is 0.143. The Morgan fingerprint density at radius 1 is 1.29 bits per heavy atom. The first-order valence-corrected chi connectivity index (χ1v) is 6.21. The smallest absolute Gasteiger partial charge is 0.293 e. The maximum absolute atomic E-state index is 11.9. The van der Waals surface area contributed by atoms with Gasteiger partial charge in [-0.05, 0) is 12.5 Å². The van der Waals surface area contributed by atoms with Crippen LogP contribution in [-0.2, 0) is 0 Å². The molecule has 0 spiro atoms. The molecule has 0 aliphatic heterocycles. The van der Waals surface area contributed by atoms with E-state index >= 15 is 0 Å². The van der Waals surface area contributed by atoms with E-state index in [0.717, 1.165) is 11.6 Å². The maximum atomic E-state index is 11.9. The van der Waals surface area contributed by atoms with Gasteiger partial charge in [0.2, 0.25) is 6.20 Å². The summed E-state index contributed by atoms with van der Waals surface area (Å²) in [4.78, 5) is 35.3. The summed E-state index contributed by atoms with van der Waals surface area (Å²) < 4.78 is 1.33. The molecule has 1 heterocycles. The lowest BCUT2D eigenvalue weighted by Gasteiger charge is -2.15. The van der Waals surface area contributed by atoms with Crippen LogP contribution in [0.5, 0.6) is 0 Å². The number of aromatic amines is 1. The average Bonchev–Trinajstić information content (AvgIpc) is 2.46. The van der Waals surface area contributed by atoms with Gasteiger partial charge in [0.1, 0.15) is 0 Å². The largest absolute Gasteiger partial charge is 0.328 e. The highest BCUT2D eigenvalue weighted by molar-refractivity contribution is 5.45. The summed E-state index contributed by atoms with van der Waals surface area (Å²) in [7, 11) is 0. The quantitative estimate of drug-likeness (QED) is 0.678. The highest BCUT2D eigenvalue weighted by atomic mass is 16.6. The van der Waals surface area contributed by atoms with E-state index in [2.05, 4.69) is 4.98 Å². The first-order valence-electron chi connectivity index (χ1n) is 6.21. The van der Waals surface area contributed by atoms with Crippen LogP contribution in [0, 0.1) is 10.1 Å². The van der Waals surface area contributed by atoms with E-state index in [-0.39, 0.29) is 11.6 Å². The Morgan fingerprint density at radius 3 is 2.57 bits per heavy atom. The van der Waals surface area contributed by atoms with E-state index in [4.69, 9.17) is 0 Å². The molecule has 0 aliphatic carbocycles. The van der Waals surface area contributed by atoms with Crippen LogP contribution in [0.25, 0.3) is 6.08 Å². The maximum Gasteiger partial charge on any atom is 0.328 e. The monoisotopic (exact) mass is 287 g/mol. The van der Waals surface area contributed by atoms with E-state index in [1.807, 2.05) is 30.3 Å². The third-order valence-electron chi connectivity index (χ3n) is 3.07. The summed E-state index contributed by atoms with van der Waals surface area (Å²) in [5, 5.41) is 10.3. The van der Waals surface area contributed by atoms with Crippen molar-refractivity contribution in [1.82, 2.24) is 9.55 Å². The number of hydrogen-bond acceptors (Lipinski definition) is 4. The molecule has 0 saturated carbocycles. The third-order valence-corrected chi connectivity index (χ3v) is 3.07. The minimum Gasteiger partial charge on any atom is -0.293 e. The van der Waals surface area contributed by atoms with Crippen molar-refractivity contribution < 1.29 is 4.92 Å². The van der Waals surface area contributed by atoms with E-state index in [0.29, 0.717) is 6.20 Å². The molecule has 2 aromatic rings. The molecule has 0 fully saturated rings. The Labute approximate surface area is 119 Å². The molecule has 1 aromatic carbocycles. The van der Waals surface area contributed by atoms with Crippen molar-refractivity contribution in [1.29, 1.82) is 0 Å². The van der Waals surface area contributed by atoms with Gasteiger partial charge in [-0.25, -0.2) is 4.79 Å². The molecule has 1 unspecified atom stereocenters. The van der Waals surface area contributed by atoms with Crippen molar-refractivity contribution in [3.63, 3.8) is 0 Å². The normalized spacial score (nSPS) is 12.4. The fourth-order valence-electron chi connectivity index (χ4n) is 1.94. The van der Waals surface area contributed by atoms with Gasteiger partial charge in [0.25, 0.3) is 5.56 Å². The number of H-pyrrole nitrogens is 1. The number of hydrogen-bond donors (Lipinski definition) is 1.